The molecule has 2 aromatic rings. The molecule has 0 fully saturated rings. The standard InChI is InChI=1S/C19H21NO5S/c1-13-9-16(23-2)3-4-19(13)26(21,22)20-6-5-14-10-17-18(11-15(14)12-20)25-8-7-24-17/h3-4,9-11H,5-8,12H2,1-2H3. The number of ether oxygens (including phenoxy) is 3. The van der Waals surface area contributed by atoms with Gasteiger partial charge in [0, 0.05) is 13.1 Å². The third-order valence-corrected chi connectivity index (χ3v) is 6.85. The van der Waals surface area contributed by atoms with Crippen molar-refractivity contribution >= 4 is 10.0 Å². The molecule has 0 atom stereocenters. The van der Waals surface area contributed by atoms with Gasteiger partial charge in [-0.15, -0.1) is 0 Å². The molecule has 2 aliphatic rings. The fraction of sp³-hybridized carbons (Fsp3) is 0.368. The second kappa shape index (κ2) is 6.48. The molecule has 0 saturated carbocycles. The van der Waals surface area contributed by atoms with Crippen LogP contribution in [0, 0.1) is 6.92 Å². The molecule has 2 heterocycles. The van der Waals surface area contributed by atoms with Crippen molar-refractivity contribution in [1.82, 2.24) is 4.31 Å². The van der Waals surface area contributed by atoms with E-state index in [1.165, 1.54) is 4.31 Å². The molecule has 138 valence electrons. The van der Waals surface area contributed by atoms with Crippen LogP contribution in [-0.2, 0) is 23.0 Å². The van der Waals surface area contributed by atoms with Crippen molar-refractivity contribution in [2.75, 3.05) is 26.9 Å². The van der Waals surface area contributed by atoms with Crippen molar-refractivity contribution in [1.29, 1.82) is 0 Å². The Bertz CT molecular complexity index is 955. The highest BCUT2D eigenvalue weighted by atomic mass is 32.2. The highest BCUT2D eigenvalue weighted by Gasteiger charge is 2.30. The molecule has 6 nitrogen and oxygen atoms in total. The summed E-state index contributed by atoms with van der Waals surface area (Å²) in [7, 11) is -2.01. The molecule has 0 aromatic heterocycles. The molecule has 2 aromatic carbocycles. The number of hydrogen-bond donors (Lipinski definition) is 0. The van der Waals surface area contributed by atoms with Crippen LogP contribution in [0.1, 0.15) is 16.7 Å². The number of methoxy groups -OCH3 is 1. The second-order valence-electron chi connectivity index (χ2n) is 6.48. The van der Waals surface area contributed by atoms with Crippen LogP contribution < -0.4 is 14.2 Å². The number of hydrogen-bond acceptors (Lipinski definition) is 5. The molecule has 0 bridgehead atoms. The van der Waals surface area contributed by atoms with E-state index in [4.69, 9.17) is 14.2 Å². The topological polar surface area (TPSA) is 65.1 Å². The summed E-state index contributed by atoms with van der Waals surface area (Å²) in [5, 5.41) is 0. The maximum Gasteiger partial charge on any atom is 0.243 e. The van der Waals surface area contributed by atoms with Gasteiger partial charge in [-0.25, -0.2) is 8.42 Å². The first-order valence-electron chi connectivity index (χ1n) is 8.55. The molecule has 0 amide bonds. The van der Waals surface area contributed by atoms with E-state index < -0.39 is 10.0 Å². The van der Waals surface area contributed by atoms with Crippen molar-refractivity contribution in [2.45, 2.75) is 24.8 Å². The number of fused-ring (bicyclic) bond motifs is 2. The van der Waals surface area contributed by atoms with Gasteiger partial charge in [0.25, 0.3) is 0 Å². The van der Waals surface area contributed by atoms with Crippen LogP contribution in [0.4, 0.5) is 0 Å². The summed E-state index contributed by atoms with van der Waals surface area (Å²) in [6.07, 6.45) is 0.653. The van der Waals surface area contributed by atoms with Gasteiger partial charge in [0.05, 0.1) is 12.0 Å². The molecule has 0 N–H and O–H groups in total. The van der Waals surface area contributed by atoms with Gasteiger partial charge in [-0.1, -0.05) is 0 Å². The molecular weight excluding hydrogens is 354 g/mol. The fourth-order valence-corrected chi connectivity index (χ4v) is 5.07. The summed E-state index contributed by atoms with van der Waals surface area (Å²) in [5.74, 6) is 2.08. The third-order valence-electron chi connectivity index (χ3n) is 4.84. The maximum absolute atomic E-state index is 13.1. The van der Waals surface area contributed by atoms with Crippen LogP contribution >= 0.6 is 0 Å². The summed E-state index contributed by atoms with van der Waals surface area (Å²) in [6, 6.07) is 8.92. The quantitative estimate of drug-likeness (QED) is 0.825. The summed E-state index contributed by atoms with van der Waals surface area (Å²) < 4.78 is 44.2. The molecule has 26 heavy (non-hydrogen) atoms. The maximum atomic E-state index is 13.1. The Morgan fingerprint density at radius 2 is 1.73 bits per heavy atom. The fourth-order valence-electron chi connectivity index (χ4n) is 3.45. The van der Waals surface area contributed by atoms with Crippen LogP contribution in [0.5, 0.6) is 17.2 Å². The smallest absolute Gasteiger partial charge is 0.243 e. The Kier molecular flexibility index (Phi) is 4.28. The zero-order valence-electron chi connectivity index (χ0n) is 14.8. The van der Waals surface area contributed by atoms with E-state index in [9.17, 15) is 8.42 Å². The van der Waals surface area contributed by atoms with E-state index in [0.29, 0.717) is 54.7 Å². The second-order valence-corrected chi connectivity index (χ2v) is 8.39. The van der Waals surface area contributed by atoms with Crippen molar-refractivity contribution in [2.24, 2.45) is 0 Å². The van der Waals surface area contributed by atoms with Gasteiger partial charge < -0.3 is 14.2 Å². The Balaban J connectivity index is 1.65. The zero-order valence-corrected chi connectivity index (χ0v) is 15.6. The van der Waals surface area contributed by atoms with E-state index in [0.717, 1.165) is 16.9 Å². The highest BCUT2D eigenvalue weighted by molar-refractivity contribution is 7.89. The van der Waals surface area contributed by atoms with Gasteiger partial charge in [0.1, 0.15) is 19.0 Å². The molecule has 0 unspecified atom stereocenters. The summed E-state index contributed by atoms with van der Waals surface area (Å²) in [5.41, 5.74) is 2.76. The molecule has 7 heteroatoms. The molecule has 4 rings (SSSR count). The lowest BCUT2D eigenvalue weighted by Crippen LogP contribution is -2.36. The summed E-state index contributed by atoms with van der Waals surface area (Å²) in [6.45, 7) is 3.62. The van der Waals surface area contributed by atoms with Crippen molar-refractivity contribution < 1.29 is 22.6 Å². The summed E-state index contributed by atoms with van der Waals surface area (Å²) in [4.78, 5) is 0.319. The number of benzene rings is 2. The van der Waals surface area contributed by atoms with Gasteiger partial charge in [-0.2, -0.15) is 4.31 Å². The lowest BCUT2D eigenvalue weighted by atomic mass is 10.00. The molecule has 0 saturated heterocycles. The minimum absolute atomic E-state index is 0.319. The van der Waals surface area contributed by atoms with Crippen LogP contribution in [0.2, 0.25) is 0 Å². The monoisotopic (exact) mass is 375 g/mol. The zero-order chi connectivity index (χ0) is 18.3. The molecule has 0 spiro atoms. The molecule has 0 radical (unpaired) electrons. The third kappa shape index (κ3) is 2.91. The van der Waals surface area contributed by atoms with E-state index in [1.54, 1.807) is 32.2 Å². The Hall–Kier alpha value is -2.25. The SMILES string of the molecule is COc1ccc(S(=O)(=O)N2CCc3cc4c(cc3C2)OCCO4)c(C)c1. The van der Waals surface area contributed by atoms with E-state index in [1.807, 2.05) is 12.1 Å². The first-order chi connectivity index (χ1) is 12.5. The van der Waals surface area contributed by atoms with Crippen LogP contribution in [-0.4, -0.2) is 39.6 Å². The first-order valence-corrected chi connectivity index (χ1v) is 9.99. The van der Waals surface area contributed by atoms with Gasteiger partial charge >= 0.3 is 0 Å². The van der Waals surface area contributed by atoms with Crippen LogP contribution in [0.15, 0.2) is 35.2 Å². The number of sulfonamides is 1. The van der Waals surface area contributed by atoms with E-state index >= 15 is 0 Å². The largest absolute Gasteiger partial charge is 0.497 e. The number of aryl methyl sites for hydroxylation is 1. The molecule has 2 aliphatic heterocycles. The lowest BCUT2D eigenvalue weighted by Gasteiger charge is -2.30. The average Bonchev–Trinajstić information content (AvgIpc) is 2.65. The van der Waals surface area contributed by atoms with Crippen LogP contribution in [0.25, 0.3) is 0 Å². The molecule has 0 aliphatic carbocycles. The predicted octanol–water partition coefficient (Wildman–Crippen LogP) is 2.52. The minimum Gasteiger partial charge on any atom is -0.497 e. The van der Waals surface area contributed by atoms with Gasteiger partial charge in [-0.05, 0) is 60.4 Å². The minimum atomic E-state index is -3.58. The van der Waals surface area contributed by atoms with E-state index in [-0.39, 0.29) is 0 Å². The van der Waals surface area contributed by atoms with Gasteiger partial charge in [0.2, 0.25) is 10.0 Å². The van der Waals surface area contributed by atoms with Crippen molar-refractivity contribution in [3.05, 3.63) is 47.0 Å². The predicted molar refractivity (Wildman–Crippen MR) is 96.5 cm³/mol. The number of rotatable bonds is 3. The molecular formula is C19H21NO5S. The highest BCUT2D eigenvalue weighted by Crippen LogP contribution is 2.36. The number of nitrogens with zero attached hydrogens (tertiary/aromatic N) is 1. The Morgan fingerprint density at radius 1 is 1.04 bits per heavy atom. The lowest BCUT2D eigenvalue weighted by molar-refractivity contribution is 0.171. The van der Waals surface area contributed by atoms with Crippen LogP contribution in [0.3, 0.4) is 0 Å². The van der Waals surface area contributed by atoms with Crippen molar-refractivity contribution in [3.8, 4) is 17.2 Å². The summed E-state index contributed by atoms with van der Waals surface area (Å²) >= 11 is 0. The Labute approximate surface area is 153 Å². The van der Waals surface area contributed by atoms with Gasteiger partial charge in [-0.3, -0.25) is 0 Å². The van der Waals surface area contributed by atoms with E-state index in [2.05, 4.69) is 0 Å². The first kappa shape index (κ1) is 17.2. The average molecular weight is 375 g/mol. The Morgan fingerprint density at radius 3 is 2.38 bits per heavy atom. The van der Waals surface area contributed by atoms with Gasteiger partial charge in [0.15, 0.2) is 11.5 Å². The normalized spacial score (nSPS) is 16.8. The van der Waals surface area contributed by atoms with Crippen molar-refractivity contribution in [3.63, 3.8) is 0 Å².